The van der Waals surface area contributed by atoms with Gasteiger partial charge in [-0.3, -0.25) is 14.2 Å². The topological polar surface area (TPSA) is 92.8 Å². The normalized spacial score (nSPS) is 15.1. The number of fused-ring (bicyclic) bond motifs is 1. The number of nitrogens with zero attached hydrogens (tertiary/aromatic N) is 2. The molecule has 3 rings (SSSR count). The highest BCUT2D eigenvalue weighted by Gasteiger charge is 2.32. The van der Waals surface area contributed by atoms with Gasteiger partial charge in [0, 0.05) is 19.0 Å². The number of amides is 1. The highest BCUT2D eigenvalue weighted by atomic mass is 16.4. The van der Waals surface area contributed by atoms with Crippen molar-refractivity contribution in [1.29, 1.82) is 0 Å². The van der Waals surface area contributed by atoms with E-state index in [4.69, 9.17) is 9.52 Å². The predicted octanol–water partition coefficient (Wildman–Crippen LogP) is 0.528. The number of para-hydroxylation sites is 2. The summed E-state index contributed by atoms with van der Waals surface area (Å²) in [5.74, 6) is -1.62. The molecule has 1 aliphatic rings. The van der Waals surface area contributed by atoms with Crippen LogP contribution in [-0.4, -0.2) is 39.5 Å². The van der Waals surface area contributed by atoms with E-state index in [-0.39, 0.29) is 24.8 Å². The Hall–Kier alpha value is -2.57. The second kappa shape index (κ2) is 5.08. The lowest BCUT2D eigenvalue weighted by Crippen LogP contribution is -2.52. The molecule has 1 fully saturated rings. The van der Waals surface area contributed by atoms with Crippen LogP contribution < -0.4 is 5.76 Å². The summed E-state index contributed by atoms with van der Waals surface area (Å²) in [5, 5.41) is 8.67. The molecule has 0 aliphatic carbocycles. The van der Waals surface area contributed by atoms with Gasteiger partial charge in [-0.1, -0.05) is 12.1 Å². The molecule has 0 radical (unpaired) electrons. The van der Waals surface area contributed by atoms with Crippen molar-refractivity contribution in [3.63, 3.8) is 0 Å². The zero-order valence-electron chi connectivity index (χ0n) is 11.2. The summed E-state index contributed by atoms with van der Waals surface area (Å²) in [6.45, 7) is 0.765. The quantitative estimate of drug-likeness (QED) is 0.886. The number of oxazole rings is 1. The van der Waals surface area contributed by atoms with Crippen molar-refractivity contribution in [3.05, 3.63) is 34.8 Å². The zero-order chi connectivity index (χ0) is 15.0. The average molecular weight is 290 g/mol. The Kier molecular flexibility index (Phi) is 3.25. The van der Waals surface area contributed by atoms with Crippen molar-refractivity contribution < 1.29 is 19.1 Å². The summed E-state index contributed by atoms with van der Waals surface area (Å²) in [4.78, 5) is 36.0. The molecule has 1 saturated heterocycles. The molecule has 0 bridgehead atoms. The van der Waals surface area contributed by atoms with Crippen LogP contribution in [0.25, 0.3) is 11.1 Å². The number of aliphatic carboxylic acids is 1. The van der Waals surface area contributed by atoms with Gasteiger partial charge < -0.3 is 14.4 Å². The minimum atomic E-state index is -0.857. The Morgan fingerprint density at radius 2 is 2.00 bits per heavy atom. The summed E-state index contributed by atoms with van der Waals surface area (Å²) >= 11 is 0. The van der Waals surface area contributed by atoms with Crippen LogP contribution in [0.1, 0.15) is 6.42 Å². The van der Waals surface area contributed by atoms with Crippen molar-refractivity contribution in [1.82, 2.24) is 9.47 Å². The molecule has 110 valence electrons. The lowest BCUT2D eigenvalue weighted by atomic mass is 9.96. The Morgan fingerprint density at radius 3 is 2.71 bits per heavy atom. The fourth-order valence-corrected chi connectivity index (χ4v) is 2.55. The maximum atomic E-state index is 12.1. The lowest BCUT2D eigenvalue weighted by Gasteiger charge is -2.38. The third-order valence-corrected chi connectivity index (χ3v) is 3.64. The molecule has 1 aromatic heterocycles. The largest absolute Gasteiger partial charge is 0.481 e. The fraction of sp³-hybridized carbons (Fsp3) is 0.357. The summed E-state index contributed by atoms with van der Waals surface area (Å²) in [6, 6.07) is 6.91. The van der Waals surface area contributed by atoms with Gasteiger partial charge in [0.2, 0.25) is 5.91 Å². The van der Waals surface area contributed by atoms with Crippen LogP contribution in [0.4, 0.5) is 0 Å². The summed E-state index contributed by atoms with van der Waals surface area (Å²) < 4.78 is 6.36. The number of aromatic nitrogens is 1. The van der Waals surface area contributed by atoms with Crippen LogP contribution in [0.15, 0.2) is 33.5 Å². The highest BCUT2D eigenvalue weighted by molar-refractivity contribution is 5.80. The van der Waals surface area contributed by atoms with E-state index < -0.39 is 11.7 Å². The predicted molar refractivity (Wildman–Crippen MR) is 72.8 cm³/mol. The SMILES string of the molecule is O=C(O)CC1CN(C(=O)Cn2c(=O)oc3ccccc32)C1. The first-order valence-electron chi connectivity index (χ1n) is 6.62. The number of carbonyl (C=O) groups is 2. The average Bonchev–Trinajstić information content (AvgIpc) is 2.70. The molecule has 7 heteroatoms. The van der Waals surface area contributed by atoms with E-state index in [9.17, 15) is 14.4 Å². The van der Waals surface area contributed by atoms with Gasteiger partial charge in [-0.15, -0.1) is 0 Å². The first kappa shape index (κ1) is 13.4. The van der Waals surface area contributed by atoms with Gasteiger partial charge in [0.1, 0.15) is 6.54 Å². The van der Waals surface area contributed by atoms with Crippen molar-refractivity contribution in [2.75, 3.05) is 13.1 Å². The third-order valence-electron chi connectivity index (χ3n) is 3.64. The molecule has 0 unspecified atom stereocenters. The first-order chi connectivity index (χ1) is 10.0. The van der Waals surface area contributed by atoms with Crippen molar-refractivity contribution in [2.45, 2.75) is 13.0 Å². The standard InChI is InChI=1S/C14H14N2O5/c17-12(15-6-9(7-15)5-13(18)19)8-16-10-3-1-2-4-11(10)21-14(16)20/h1-4,9H,5-8H2,(H,18,19). The van der Waals surface area contributed by atoms with E-state index in [0.29, 0.717) is 24.2 Å². The second-order valence-electron chi connectivity index (χ2n) is 5.18. The van der Waals surface area contributed by atoms with Gasteiger partial charge in [0.15, 0.2) is 5.58 Å². The van der Waals surface area contributed by atoms with Crippen molar-refractivity contribution in [2.24, 2.45) is 5.92 Å². The Morgan fingerprint density at radius 1 is 1.29 bits per heavy atom. The van der Waals surface area contributed by atoms with E-state index in [2.05, 4.69) is 0 Å². The summed E-state index contributed by atoms with van der Waals surface area (Å²) in [5.41, 5.74) is 1.03. The number of hydrogen-bond acceptors (Lipinski definition) is 4. The number of likely N-dealkylation sites (tertiary alicyclic amines) is 1. The summed E-state index contributed by atoms with van der Waals surface area (Å²) in [6.07, 6.45) is 0.0678. The number of hydrogen-bond donors (Lipinski definition) is 1. The molecule has 21 heavy (non-hydrogen) atoms. The second-order valence-corrected chi connectivity index (χ2v) is 5.18. The lowest BCUT2D eigenvalue weighted by molar-refractivity contribution is -0.145. The van der Waals surface area contributed by atoms with Gasteiger partial charge in [-0.05, 0) is 12.1 Å². The smallest absolute Gasteiger partial charge is 0.420 e. The number of benzene rings is 1. The van der Waals surface area contributed by atoms with E-state index in [1.54, 1.807) is 29.2 Å². The molecule has 0 spiro atoms. The van der Waals surface area contributed by atoms with Crippen LogP contribution in [0, 0.1) is 5.92 Å². The van der Waals surface area contributed by atoms with E-state index in [0.717, 1.165) is 0 Å². The van der Waals surface area contributed by atoms with Crippen LogP contribution >= 0.6 is 0 Å². The fourth-order valence-electron chi connectivity index (χ4n) is 2.55. The van der Waals surface area contributed by atoms with Crippen LogP contribution in [0.2, 0.25) is 0 Å². The van der Waals surface area contributed by atoms with Gasteiger partial charge in [0.25, 0.3) is 0 Å². The third kappa shape index (κ3) is 2.54. The van der Waals surface area contributed by atoms with Crippen LogP contribution in [0.3, 0.4) is 0 Å². The molecular weight excluding hydrogens is 276 g/mol. The molecule has 0 atom stereocenters. The van der Waals surface area contributed by atoms with Crippen molar-refractivity contribution >= 4 is 23.0 Å². The van der Waals surface area contributed by atoms with Crippen LogP contribution in [-0.2, 0) is 16.1 Å². The minimum Gasteiger partial charge on any atom is -0.481 e. The Bertz CT molecular complexity index is 754. The number of carboxylic acids is 1. The highest BCUT2D eigenvalue weighted by Crippen LogP contribution is 2.20. The maximum Gasteiger partial charge on any atom is 0.420 e. The summed E-state index contributed by atoms with van der Waals surface area (Å²) in [7, 11) is 0. The van der Waals surface area contributed by atoms with E-state index in [1.807, 2.05) is 0 Å². The number of carboxylic acid groups (broad SMARTS) is 1. The van der Waals surface area contributed by atoms with Gasteiger partial charge >= 0.3 is 11.7 Å². The zero-order valence-corrected chi connectivity index (χ0v) is 11.2. The Labute approximate surface area is 119 Å². The molecule has 7 nitrogen and oxygen atoms in total. The molecule has 1 aliphatic heterocycles. The minimum absolute atomic E-state index is 0.00395. The maximum absolute atomic E-state index is 12.1. The van der Waals surface area contributed by atoms with Gasteiger partial charge in [-0.25, -0.2) is 4.79 Å². The number of rotatable bonds is 4. The van der Waals surface area contributed by atoms with E-state index >= 15 is 0 Å². The van der Waals surface area contributed by atoms with Crippen molar-refractivity contribution in [3.8, 4) is 0 Å². The first-order valence-corrected chi connectivity index (χ1v) is 6.62. The molecule has 1 aromatic carbocycles. The Balaban J connectivity index is 1.69. The molecule has 2 heterocycles. The van der Waals surface area contributed by atoms with Crippen LogP contribution in [0.5, 0.6) is 0 Å². The van der Waals surface area contributed by atoms with E-state index in [1.165, 1.54) is 4.57 Å². The number of carbonyl (C=O) groups excluding carboxylic acids is 1. The van der Waals surface area contributed by atoms with Gasteiger partial charge in [-0.2, -0.15) is 0 Å². The molecule has 1 amide bonds. The monoisotopic (exact) mass is 290 g/mol. The molecule has 1 N–H and O–H groups in total. The molecular formula is C14H14N2O5. The van der Waals surface area contributed by atoms with Gasteiger partial charge in [0.05, 0.1) is 11.9 Å². The molecule has 0 saturated carbocycles. The molecule has 2 aromatic rings.